The van der Waals surface area contributed by atoms with E-state index >= 15 is 0 Å². The smallest absolute Gasteiger partial charge is 0.267 e. The number of benzene rings is 1. The molecule has 4 rings (SSSR count). The van der Waals surface area contributed by atoms with E-state index in [0.717, 1.165) is 11.4 Å². The van der Waals surface area contributed by atoms with Crippen molar-refractivity contribution in [2.75, 3.05) is 36.0 Å². The monoisotopic (exact) mass is 366 g/mol. The Kier molecular flexibility index (Phi) is 4.78. The van der Waals surface area contributed by atoms with Crippen molar-refractivity contribution < 1.29 is 4.39 Å². The van der Waals surface area contributed by atoms with Gasteiger partial charge >= 0.3 is 0 Å². The topological polar surface area (TPSA) is 67.2 Å². The number of halogens is 1. The minimum Gasteiger partial charge on any atom is -0.352 e. The average Bonchev–Trinajstić information content (AvgIpc) is 2.71. The number of anilines is 2. The van der Waals surface area contributed by atoms with Gasteiger partial charge in [-0.15, -0.1) is 0 Å². The molecule has 1 fully saturated rings. The summed E-state index contributed by atoms with van der Waals surface area (Å²) in [6.45, 7) is 3.00. The molecule has 7 nitrogen and oxygen atoms in total. The van der Waals surface area contributed by atoms with Crippen LogP contribution in [-0.4, -0.2) is 45.9 Å². The number of hydrogen-bond donors (Lipinski definition) is 0. The predicted molar refractivity (Wildman–Crippen MR) is 100 cm³/mol. The Morgan fingerprint density at radius 2 is 1.70 bits per heavy atom. The lowest BCUT2D eigenvalue weighted by molar-refractivity contribution is 0.572. The van der Waals surface area contributed by atoms with Crippen molar-refractivity contribution in [3.63, 3.8) is 0 Å². The highest BCUT2D eigenvalue weighted by Crippen LogP contribution is 2.18. The normalized spacial score (nSPS) is 14.4. The SMILES string of the molecule is O=c1ccc(N2CCN(c3ncncc3F)CC2)nn1Cc1ccccc1. The molecule has 0 radical (unpaired) electrons. The molecule has 27 heavy (non-hydrogen) atoms. The molecule has 0 saturated carbocycles. The van der Waals surface area contributed by atoms with Crippen molar-refractivity contribution in [1.29, 1.82) is 0 Å². The van der Waals surface area contributed by atoms with Crippen LogP contribution < -0.4 is 15.4 Å². The Morgan fingerprint density at radius 1 is 0.963 bits per heavy atom. The summed E-state index contributed by atoms with van der Waals surface area (Å²) in [6.07, 6.45) is 2.53. The molecule has 3 aromatic rings. The van der Waals surface area contributed by atoms with Crippen LogP contribution in [0.4, 0.5) is 16.0 Å². The summed E-state index contributed by atoms with van der Waals surface area (Å²) >= 11 is 0. The molecule has 0 amide bonds. The first-order valence-electron chi connectivity index (χ1n) is 8.78. The summed E-state index contributed by atoms with van der Waals surface area (Å²) in [5.74, 6) is 0.653. The molecule has 1 aliphatic rings. The summed E-state index contributed by atoms with van der Waals surface area (Å²) in [4.78, 5) is 23.9. The second kappa shape index (κ2) is 7.53. The van der Waals surface area contributed by atoms with E-state index in [4.69, 9.17) is 0 Å². The maximum atomic E-state index is 13.9. The third kappa shape index (κ3) is 3.79. The molecule has 0 aliphatic carbocycles. The minimum absolute atomic E-state index is 0.135. The molecule has 3 heterocycles. The van der Waals surface area contributed by atoms with Gasteiger partial charge in [0.1, 0.15) is 12.1 Å². The molecular formula is C19H19FN6O. The van der Waals surface area contributed by atoms with Gasteiger partial charge in [-0.05, 0) is 11.6 Å². The zero-order valence-electron chi connectivity index (χ0n) is 14.7. The molecule has 8 heteroatoms. The lowest BCUT2D eigenvalue weighted by atomic mass is 10.2. The minimum atomic E-state index is -0.416. The van der Waals surface area contributed by atoms with Crippen molar-refractivity contribution in [2.24, 2.45) is 0 Å². The molecule has 1 aromatic carbocycles. The molecule has 0 atom stereocenters. The Labute approximate surface area is 155 Å². The lowest BCUT2D eigenvalue weighted by Crippen LogP contribution is -2.47. The maximum Gasteiger partial charge on any atom is 0.267 e. The van der Waals surface area contributed by atoms with Crippen molar-refractivity contribution in [2.45, 2.75) is 6.54 Å². The number of aromatic nitrogens is 4. The van der Waals surface area contributed by atoms with Gasteiger partial charge in [0.2, 0.25) is 0 Å². The number of hydrogen-bond acceptors (Lipinski definition) is 6. The highest BCUT2D eigenvalue weighted by Gasteiger charge is 2.21. The fraction of sp³-hybridized carbons (Fsp3) is 0.263. The van der Waals surface area contributed by atoms with Gasteiger partial charge in [-0.1, -0.05) is 30.3 Å². The Balaban J connectivity index is 1.48. The third-order valence-corrected chi connectivity index (χ3v) is 4.58. The quantitative estimate of drug-likeness (QED) is 0.698. The fourth-order valence-electron chi connectivity index (χ4n) is 3.16. The Hall–Kier alpha value is -3.29. The lowest BCUT2D eigenvalue weighted by Gasteiger charge is -2.36. The van der Waals surface area contributed by atoms with Gasteiger partial charge in [0, 0.05) is 32.2 Å². The van der Waals surface area contributed by atoms with E-state index in [-0.39, 0.29) is 5.56 Å². The maximum absolute atomic E-state index is 13.9. The van der Waals surface area contributed by atoms with Crippen LogP contribution in [0.15, 0.2) is 59.8 Å². The zero-order chi connectivity index (χ0) is 18.6. The average molecular weight is 366 g/mol. The van der Waals surface area contributed by atoms with Crippen LogP contribution in [0.5, 0.6) is 0 Å². The van der Waals surface area contributed by atoms with E-state index in [1.165, 1.54) is 17.2 Å². The first-order chi connectivity index (χ1) is 13.2. The molecule has 1 saturated heterocycles. The molecule has 2 aromatic heterocycles. The van der Waals surface area contributed by atoms with Crippen molar-refractivity contribution in [1.82, 2.24) is 19.7 Å². The first-order valence-corrected chi connectivity index (χ1v) is 8.78. The standard InChI is InChI=1S/C19H19FN6O/c20-16-12-21-14-22-19(16)25-10-8-24(9-11-25)17-6-7-18(27)26(23-17)13-15-4-2-1-3-5-15/h1-7,12,14H,8-11,13H2. The molecule has 0 bridgehead atoms. The van der Waals surface area contributed by atoms with Crippen LogP contribution >= 0.6 is 0 Å². The van der Waals surface area contributed by atoms with Gasteiger partial charge in [-0.3, -0.25) is 4.79 Å². The largest absolute Gasteiger partial charge is 0.352 e. The van der Waals surface area contributed by atoms with Gasteiger partial charge in [0.15, 0.2) is 11.6 Å². The Morgan fingerprint density at radius 3 is 2.44 bits per heavy atom. The second-order valence-corrected chi connectivity index (χ2v) is 6.34. The van der Waals surface area contributed by atoms with Gasteiger partial charge in [-0.25, -0.2) is 19.0 Å². The summed E-state index contributed by atoms with van der Waals surface area (Å²) in [5.41, 5.74) is 0.887. The van der Waals surface area contributed by atoms with Gasteiger partial charge in [0.25, 0.3) is 5.56 Å². The molecule has 0 spiro atoms. The van der Waals surface area contributed by atoms with E-state index in [1.807, 2.05) is 35.2 Å². The van der Waals surface area contributed by atoms with Gasteiger partial charge < -0.3 is 9.80 Å². The summed E-state index contributed by atoms with van der Waals surface area (Å²) in [5, 5.41) is 4.52. The van der Waals surface area contributed by atoms with E-state index in [9.17, 15) is 9.18 Å². The highest BCUT2D eigenvalue weighted by atomic mass is 19.1. The van der Waals surface area contributed by atoms with E-state index in [2.05, 4.69) is 20.0 Å². The molecule has 138 valence electrons. The van der Waals surface area contributed by atoms with Crippen LogP contribution in [0.25, 0.3) is 0 Å². The van der Waals surface area contributed by atoms with Gasteiger partial charge in [0.05, 0.1) is 12.7 Å². The van der Waals surface area contributed by atoms with Gasteiger partial charge in [-0.2, -0.15) is 5.10 Å². The molecular weight excluding hydrogens is 347 g/mol. The Bertz CT molecular complexity index is 969. The molecule has 0 N–H and O–H groups in total. The predicted octanol–water partition coefficient (Wildman–Crippen LogP) is 1.55. The van der Waals surface area contributed by atoms with E-state index in [1.54, 1.807) is 12.1 Å². The second-order valence-electron chi connectivity index (χ2n) is 6.34. The number of piperazine rings is 1. The van der Waals surface area contributed by atoms with Crippen LogP contribution in [0.1, 0.15) is 5.56 Å². The first kappa shape index (κ1) is 17.1. The molecule has 0 unspecified atom stereocenters. The van der Waals surface area contributed by atoms with Crippen LogP contribution in [0.3, 0.4) is 0 Å². The van der Waals surface area contributed by atoms with Crippen molar-refractivity contribution in [3.8, 4) is 0 Å². The molecule has 1 aliphatic heterocycles. The van der Waals surface area contributed by atoms with Crippen molar-refractivity contribution in [3.05, 3.63) is 76.7 Å². The van der Waals surface area contributed by atoms with Crippen LogP contribution in [-0.2, 0) is 6.54 Å². The number of rotatable bonds is 4. The van der Waals surface area contributed by atoms with Crippen LogP contribution in [0.2, 0.25) is 0 Å². The summed E-state index contributed by atoms with van der Waals surface area (Å²) in [7, 11) is 0. The van der Waals surface area contributed by atoms with Crippen LogP contribution in [0, 0.1) is 5.82 Å². The van der Waals surface area contributed by atoms with E-state index < -0.39 is 5.82 Å². The van der Waals surface area contributed by atoms with E-state index in [0.29, 0.717) is 38.5 Å². The fourth-order valence-corrected chi connectivity index (χ4v) is 3.16. The third-order valence-electron chi connectivity index (χ3n) is 4.58. The number of nitrogens with zero attached hydrogens (tertiary/aromatic N) is 6. The zero-order valence-corrected chi connectivity index (χ0v) is 14.7. The highest BCUT2D eigenvalue weighted by molar-refractivity contribution is 5.44. The van der Waals surface area contributed by atoms with Crippen molar-refractivity contribution >= 4 is 11.6 Å². The summed E-state index contributed by atoms with van der Waals surface area (Å²) in [6, 6.07) is 13.0. The summed E-state index contributed by atoms with van der Waals surface area (Å²) < 4.78 is 15.3.